The molecule has 0 N–H and O–H groups in total. The summed E-state index contributed by atoms with van der Waals surface area (Å²) in [5.74, 6) is -0.670. The fourth-order valence-corrected chi connectivity index (χ4v) is 3.29. The predicted octanol–water partition coefficient (Wildman–Crippen LogP) is 3.31. The minimum absolute atomic E-state index is 0.0214. The van der Waals surface area contributed by atoms with Crippen molar-refractivity contribution in [3.63, 3.8) is 0 Å². The van der Waals surface area contributed by atoms with Crippen molar-refractivity contribution in [2.24, 2.45) is 0 Å². The maximum atomic E-state index is 13.1. The lowest BCUT2D eigenvalue weighted by atomic mass is 10.1. The van der Waals surface area contributed by atoms with Gasteiger partial charge in [0.2, 0.25) is 0 Å². The van der Waals surface area contributed by atoms with Gasteiger partial charge in [0.1, 0.15) is 0 Å². The van der Waals surface area contributed by atoms with Gasteiger partial charge in [-0.3, -0.25) is 19.4 Å². The van der Waals surface area contributed by atoms with Crippen molar-refractivity contribution in [1.82, 2.24) is 9.80 Å². The van der Waals surface area contributed by atoms with Crippen molar-refractivity contribution in [3.8, 4) is 0 Å². The number of methoxy groups -OCH3 is 1. The molecule has 2 aromatic carbocycles. The minimum atomic E-state index is -0.521. The number of benzene rings is 2. The molecule has 28 heavy (non-hydrogen) atoms. The van der Waals surface area contributed by atoms with Crippen LogP contribution in [-0.2, 0) is 20.7 Å². The van der Waals surface area contributed by atoms with Gasteiger partial charge in [-0.1, -0.05) is 60.7 Å². The highest BCUT2D eigenvalue weighted by Gasteiger charge is 2.45. The smallest absolute Gasteiger partial charge is 0.332 e. The van der Waals surface area contributed by atoms with Crippen LogP contribution in [0.25, 0.3) is 0 Å². The second kappa shape index (κ2) is 8.52. The fourth-order valence-electron chi connectivity index (χ4n) is 3.29. The van der Waals surface area contributed by atoms with E-state index in [2.05, 4.69) is 0 Å². The molecule has 144 valence electrons. The van der Waals surface area contributed by atoms with Gasteiger partial charge in [0, 0.05) is 6.54 Å². The van der Waals surface area contributed by atoms with Gasteiger partial charge in [0.05, 0.1) is 13.2 Å². The number of hydrogen-bond donors (Lipinski definition) is 0. The first-order valence-corrected chi connectivity index (χ1v) is 9.05. The summed E-state index contributed by atoms with van der Waals surface area (Å²) in [6, 6.07) is 18.1. The predicted molar refractivity (Wildman–Crippen MR) is 104 cm³/mol. The van der Waals surface area contributed by atoms with E-state index in [1.54, 1.807) is 0 Å². The van der Waals surface area contributed by atoms with Gasteiger partial charge in [-0.25, -0.2) is 4.79 Å². The summed E-state index contributed by atoms with van der Waals surface area (Å²) in [6.07, 6.45) is 0.995. The number of carbonyl (C=O) groups is 3. The number of nitrogens with zero attached hydrogens (tertiary/aromatic N) is 2. The number of rotatable bonds is 7. The maximum absolute atomic E-state index is 13.1. The molecule has 1 heterocycles. The summed E-state index contributed by atoms with van der Waals surface area (Å²) in [6.45, 7) is 2.04. The van der Waals surface area contributed by atoms with E-state index < -0.39 is 18.0 Å². The molecule has 6 nitrogen and oxygen atoms in total. The van der Waals surface area contributed by atoms with Gasteiger partial charge in [-0.2, -0.15) is 0 Å². The van der Waals surface area contributed by atoms with Crippen LogP contribution in [0.2, 0.25) is 0 Å². The van der Waals surface area contributed by atoms with Crippen LogP contribution in [-0.4, -0.2) is 41.7 Å². The zero-order valence-corrected chi connectivity index (χ0v) is 15.9. The number of urea groups is 1. The topological polar surface area (TPSA) is 66.9 Å². The Morgan fingerprint density at radius 3 is 2.21 bits per heavy atom. The minimum Gasteiger partial charge on any atom is -0.491 e. The molecule has 0 radical (unpaired) electrons. The third-order valence-electron chi connectivity index (χ3n) is 4.82. The molecule has 1 saturated heterocycles. The zero-order valence-electron chi connectivity index (χ0n) is 15.9. The summed E-state index contributed by atoms with van der Waals surface area (Å²) in [5, 5.41) is 0. The fraction of sp³-hybridized carbons (Fsp3) is 0.227. The molecule has 0 aliphatic carbocycles. The van der Waals surface area contributed by atoms with Crippen LogP contribution >= 0.6 is 0 Å². The second-order valence-electron chi connectivity index (χ2n) is 6.47. The van der Waals surface area contributed by atoms with Crippen LogP contribution in [0.3, 0.4) is 0 Å². The van der Waals surface area contributed by atoms with E-state index >= 15 is 0 Å². The molecule has 0 saturated carbocycles. The summed E-state index contributed by atoms with van der Waals surface area (Å²) < 4.78 is 5.10. The van der Waals surface area contributed by atoms with Crippen molar-refractivity contribution < 1.29 is 19.1 Å². The number of ether oxygens (including phenoxy) is 1. The first-order chi connectivity index (χ1) is 13.6. The number of allylic oxidation sites excluding steroid dienone is 1. The van der Waals surface area contributed by atoms with E-state index in [4.69, 9.17) is 4.74 Å². The molecule has 0 bridgehead atoms. The van der Waals surface area contributed by atoms with Crippen molar-refractivity contribution in [2.75, 3.05) is 13.7 Å². The number of imide groups is 1. The van der Waals surface area contributed by atoms with Gasteiger partial charge < -0.3 is 4.74 Å². The highest BCUT2D eigenvalue weighted by Crippen LogP contribution is 2.33. The third-order valence-corrected chi connectivity index (χ3v) is 4.82. The van der Waals surface area contributed by atoms with Crippen LogP contribution in [0.5, 0.6) is 0 Å². The van der Waals surface area contributed by atoms with Crippen molar-refractivity contribution in [1.29, 1.82) is 0 Å². The number of aldehydes is 1. The maximum Gasteiger partial charge on any atom is 0.332 e. The van der Waals surface area contributed by atoms with Gasteiger partial charge >= 0.3 is 6.03 Å². The lowest BCUT2D eigenvalue weighted by molar-refractivity contribution is -0.123. The largest absolute Gasteiger partial charge is 0.491 e. The molecular weight excluding hydrogens is 356 g/mol. The molecule has 1 aliphatic heterocycles. The Bertz CT molecular complexity index is 893. The first kappa shape index (κ1) is 19.4. The Hall–Kier alpha value is -3.41. The highest BCUT2D eigenvalue weighted by molar-refractivity contribution is 6.13. The van der Waals surface area contributed by atoms with Crippen LogP contribution < -0.4 is 0 Å². The Kier molecular flexibility index (Phi) is 5.89. The number of amides is 3. The molecule has 0 aromatic heterocycles. The number of carbonyl (C=O) groups excluding carboxylic acids is 3. The SMILES string of the molecule is COC(C=O)=C1C(=O)N(CCc2ccccc2)C(=O)N1C(C)c1ccccc1. The molecule has 1 atom stereocenters. The van der Waals surface area contributed by atoms with Crippen molar-refractivity contribution in [2.45, 2.75) is 19.4 Å². The van der Waals surface area contributed by atoms with Gasteiger partial charge in [0.15, 0.2) is 17.7 Å². The number of hydrogen-bond acceptors (Lipinski definition) is 4. The molecule has 1 unspecified atom stereocenters. The lowest BCUT2D eigenvalue weighted by Gasteiger charge is -2.25. The van der Waals surface area contributed by atoms with Crippen LogP contribution in [0.1, 0.15) is 24.1 Å². The molecule has 3 rings (SSSR count). The summed E-state index contributed by atoms with van der Waals surface area (Å²) >= 11 is 0. The van der Waals surface area contributed by atoms with Crippen LogP contribution in [0.4, 0.5) is 4.79 Å². The molecule has 1 aliphatic rings. The van der Waals surface area contributed by atoms with E-state index in [1.807, 2.05) is 67.6 Å². The Morgan fingerprint density at radius 2 is 1.64 bits per heavy atom. The highest BCUT2D eigenvalue weighted by atomic mass is 16.5. The monoisotopic (exact) mass is 378 g/mol. The van der Waals surface area contributed by atoms with Gasteiger partial charge in [-0.05, 0) is 24.5 Å². The summed E-state index contributed by atoms with van der Waals surface area (Å²) in [4.78, 5) is 40.1. The van der Waals surface area contributed by atoms with Crippen molar-refractivity contribution >= 4 is 18.2 Å². The lowest BCUT2D eigenvalue weighted by Crippen LogP contribution is -2.35. The Balaban J connectivity index is 1.94. The first-order valence-electron chi connectivity index (χ1n) is 9.05. The molecule has 2 aromatic rings. The summed E-state index contributed by atoms with van der Waals surface area (Å²) in [5.41, 5.74) is 1.85. The summed E-state index contributed by atoms with van der Waals surface area (Å²) in [7, 11) is 1.31. The average Bonchev–Trinajstić information content (AvgIpc) is 2.98. The van der Waals surface area contributed by atoms with E-state index in [9.17, 15) is 14.4 Å². The van der Waals surface area contributed by atoms with Gasteiger partial charge in [0.25, 0.3) is 5.91 Å². The normalized spacial score (nSPS) is 16.9. The van der Waals surface area contributed by atoms with E-state index in [0.717, 1.165) is 11.1 Å². The molecule has 0 spiro atoms. The molecule has 3 amide bonds. The average molecular weight is 378 g/mol. The van der Waals surface area contributed by atoms with Crippen LogP contribution in [0, 0.1) is 0 Å². The standard InChI is InChI=1S/C22H22N2O4/c1-16(18-11-7-4-8-12-18)24-20(19(15-25)28-2)21(26)23(22(24)27)14-13-17-9-5-3-6-10-17/h3-12,15-16H,13-14H2,1-2H3. The van der Waals surface area contributed by atoms with Crippen LogP contribution in [0.15, 0.2) is 72.1 Å². The van der Waals surface area contributed by atoms with Crippen molar-refractivity contribution in [3.05, 3.63) is 83.2 Å². The van der Waals surface area contributed by atoms with E-state index in [0.29, 0.717) is 12.7 Å². The Morgan fingerprint density at radius 1 is 1.04 bits per heavy atom. The van der Waals surface area contributed by atoms with E-state index in [-0.39, 0.29) is 18.0 Å². The third kappa shape index (κ3) is 3.67. The molecular formula is C22H22N2O4. The quantitative estimate of drug-likeness (QED) is 0.321. The second-order valence-corrected chi connectivity index (χ2v) is 6.47. The zero-order chi connectivity index (χ0) is 20.1. The molecule has 6 heteroatoms. The molecule has 1 fully saturated rings. The Labute approximate surface area is 164 Å². The van der Waals surface area contributed by atoms with Gasteiger partial charge in [-0.15, -0.1) is 0 Å². The van der Waals surface area contributed by atoms with E-state index in [1.165, 1.54) is 16.9 Å².